The predicted molar refractivity (Wildman–Crippen MR) is 173 cm³/mol. The Bertz CT molecular complexity index is 1510. The van der Waals surface area contributed by atoms with Crippen LogP contribution in [0.4, 0.5) is 12.0 Å². The highest BCUT2D eigenvalue weighted by Crippen LogP contribution is 2.28. The van der Waals surface area contributed by atoms with Gasteiger partial charge in [0.1, 0.15) is 22.9 Å². The van der Waals surface area contributed by atoms with Crippen molar-refractivity contribution in [2.24, 2.45) is 0 Å². The van der Waals surface area contributed by atoms with Crippen molar-refractivity contribution in [3.05, 3.63) is 72.2 Å². The Morgan fingerprint density at radius 2 is 0.886 bits per heavy atom. The molecule has 242 valence electrons. The minimum Gasteiger partial charge on any atom is -0.428 e. The first-order valence-electron chi connectivity index (χ1n) is 14.2. The summed E-state index contributed by atoms with van der Waals surface area (Å²) >= 11 is 0. The number of nitrogens with zero attached hydrogens (tertiary/aromatic N) is 4. The van der Waals surface area contributed by atoms with Gasteiger partial charge in [-0.25, -0.2) is 0 Å². The molecule has 0 atom stereocenters. The van der Waals surface area contributed by atoms with Crippen molar-refractivity contribution in [1.82, 2.24) is 9.97 Å². The molecule has 0 aliphatic carbocycles. The van der Waals surface area contributed by atoms with Gasteiger partial charge in [-0.2, -0.15) is 26.8 Å². The Labute approximate surface area is 260 Å². The number of oxazole rings is 2. The molecule has 2 N–H and O–H groups in total. The number of aryl methyl sites for hydroxylation is 2. The van der Waals surface area contributed by atoms with Gasteiger partial charge in [0.05, 0.1) is 11.5 Å². The first-order chi connectivity index (χ1) is 20.7. The molecule has 2 aromatic carbocycles. The maximum absolute atomic E-state index is 9.86. The van der Waals surface area contributed by atoms with E-state index in [4.69, 9.17) is 17.9 Å². The van der Waals surface area contributed by atoms with Crippen molar-refractivity contribution in [3.63, 3.8) is 0 Å². The molecule has 0 aliphatic rings. The zero-order chi connectivity index (χ0) is 32.9. The monoisotopic (exact) mass is 650 g/mol. The third-order valence-corrected chi connectivity index (χ3v) is 8.03. The van der Waals surface area contributed by atoms with Gasteiger partial charge in [0.15, 0.2) is 0 Å². The van der Waals surface area contributed by atoms with Gasteiger partial charge in [-0.1, -0.05) is 60.7 Å². The van der Waals surface area contributed by atoms with E-state index in [1.807, 2.05) is 50.2 Å². The van der Waals surface area contributed by atoms with Crippen LogP contribution in [0.3, 0.4) is 0 Å². The Morgan fingerprint density at radius 1 is 0.591 bits per heavy atom. The van der Waals surface area contributed by atoms with Crippen molar-refractivity contribution >= 4 is 32.3 Å². The average Bonchev–Trinajstić information content (AvgIpc) is 3.57. The SMILES string of the molecule is CCN(CC)c1nc(-c2ccccc2)c(C)o1.CCN(CC)c1nc(-c2ccccc2)c(C)o1.O=S(=O)(O)CCS(=O)(=O)O. The van der Waals surface area contributed by atoms with E-state index < -0.39 is 31.7 Å². The Balaban J connectivity index is 0.000000240. The molecular weight excluding hydrogens is 608 g/mol. The fourth-order valence-corrected chi connectivity index (χ4v) is 5.65. The normalized spacial score (nSPS) is 11.2. The molecule has 0 aliphatic heterocycles. The van der Waals surface area contributed by atoms with Crippen molar-refractivity contribution < 1.29 is 34.8 Å². The van der Waals surface area contributed by atoms with E-state index in [2.05, 4.69) is 71.7 Å². The summed E-state index contributed by atoms with van der Waals surface area (Å²) in [6, 6.07) is 21.7. The Kier molecular flexibility index (Phi) is 14.0. The minimum absolute atomic E-state index is 0.714. The van der Waals surface area contributed by atoms with Crippen LogP contribution in [0.25, 0.3) is 22.5 Å². The van der Waals surface area contributed by atoms with Crippen molar-refractivity contribution in [1.29, 1.82) is 0 Å². The molecule has 0 spiro atoms. The number of hydrogen-bond acceptors (Lipinski definition) is 10. The quantitative estimate of drug-likeness (QED) is 0.189. The molecule has 4 aromatic rings. The Morgan fingerprint density at radius 3 is 1.14 bits per heavy atom. The van der Waals surface area contributed by atoms with E-state index in [1.54, 1.807) is 0 Å². The van der Waals surface area contributed by atoms with E-state index in [9.17, 15) is 16.8 Å². The highest BCUT2D eigenvalue weighted by atomic mass is 32.2. The summed E-state index contributed by atoms with van der Waals surface area (Å²) < 4.78 is 66.8. The van der Waals surface area contributed by atoms with Gasteiger partial charge in [0.2, 0.25) is 0 Å². The van der Waals surface area contributed by atoms with Crippen LogP contribution >= 0.6 is 0 Å². The largest absolute Gasteiger partial charge is 0.428 e. The molecule has 44 heavy (non-hydrogen) atoms. The molecule has 2 heterocycles. The van der Waals surface area contributed by atoms with Gasteiger partial charge in [0, 0.05) is 37.3 Å². The number of benzene rings is 2. The summed E-state index contributed by atoms with van der Waals surface area (Å²) in [5.41, 5.74) is 4.08. The number of anilines is 2. The van der Waals surface area contributed by atoms with Crippen molar-refractivity contribution in [2.75, 3.05) is 47.5 Å². The van der Waals surface area contributed by atoms with Gasteiger partial charge >= 0.3 is 0 Å². The van der Waals surface area contributed by atoms with Crippen molar-refractivity contribution in [3.8, 4) is 22.5 Å². The summed E-state index contributed by atoms with van der Waals surface area (Å²) in [6.45, 7) is 16.0. The van der Waals surface area contributed by atoms with Crippen LogP contribution in [0.15, 0.2) is 69.5 Å². The predicted octanol–water partition coefficient (Wildman–Crippen LogP) is 5.75. The number of hydrogen-bond donors (Lipinski definition) is 2. The zero-order valence-electron chi connectivity index (χ0n) is 26.0. The van der Waals surface area contributed by atoms with E-state index in [0.717, 1.165) is 60.2 Å². The van der Waals surface area contributed by atoms with Gasteiger partial charge < -0.3 is 18.6 Å². The molecular formula is C30H42N4O8S2. The molecule has 0 saturated carbocycles. The van der Waals surface area contributed by atoms with Gasteiger partial charge in [-0.3, -0.25) is 9.11 Å². The van der Waals surface area contributed by atoms with Crippen LogP contribution in [0, 0.1) is 13.8 Å². The van der Waals surface area contributed by atoms with Gasteiger partial charge in [-0.05, 0) is 41.5 Å². The summed E-state index contributed by atoms with van der Waals surface area (Å²) in [6.07, 6.45) is 0. The summed E-state index contributed by atoms with van der Waals surface area (Å²) in [5.74, 6) is -0.214. The first-order valence-corrected chi connectivity index (χ1v) is 17.4. The molecule has 0 amide bonds. The smallest absolute Gasteiger partial charge is 0.298 e. The molecule has 14 heteroatoms. The van der Waals surface area contributed by atoms with Crippen LogP contribution in [0.2, 0.25) is 0 Å². The van der Waals surface area contributed by atoms with E-state index in [1.165, 1.54) is 0 Å². The molecule has 0 saturated heterocycles. The van der Waals surface area contributed by atoms with Crippen LogP contribution in [0.5, 0.6) is 0 Å². The molecule has 0 unspecified atom stereocenters. The third-order valence-electron chi connectivity index (χ3n) is 6.33. The van der Waals surface area contributed by atoms with Crippen LogP contribution < -0.4 is 9.80 Å². The molecule has 2 aromatic heterocycles. The summed E-state index contributed by atoms with van der Waals surface area (Å²) in [5, 5.41) is 0. The van der Waals surface area contributed by atoms with Crippen LogP contribution in [-0.4, -0.2) is 73.6 Å². The lowest BCUT2D eigenvalue weighted by molar-refractivity contribution is 0.472. The topological polar surface area (TPSA) is 167 Å². The second-order valence-corrected chi connectivity index (χ2v) is 12.6. The third kappa shape index (κ3) is 11.8. The maximum Gasteiger partial charge on any atom is 0.298 e. The molecule has 0 bridgehead atoms. The highest BCUT2D eigenvalue weighted by Gasteiger charge is 2.16. The zero-order valence-corrected chi connectivity index (χ0v) is 27.6. The first kappa shape index (κ1) is 36.5. The average molecular weight is 651 g/mol. The standard InChI is InChI=1S/2C14H18N2O.C2H6O6S2/c2*1-4-16(5-2)14-15-13(11(3)17-14)12-9-7-6-8-10-12;3-9(4,5)1-2-10(6,7)8/h2*6-10H,4-5H2,1-3H3;1-2H2,(H,3,4,5)(H,6,7,8). The second kappa shape index (κ2) is 16.9. The fourth-order valence-electron chi connectivity index (χ4n) is 3.96. The van der Waals surface area contributed by atoms with Gasteiger partial charge in [0.25, 0.3) is 32.3 Å². The summed E-state index contributed by atoms with van der Waals surface area (Å²) in [4.78, 5) is 13.4. The highest BCUT2D eigenvalue weighted by molar-refractivity contribution is 7.89. The van der Waals surface area contributed by atoms with E-state index in [-0.39, 0.29) is 0 Å². The van der Waals surface area contributed by atoms with Gasteiger partial charge in [-0.15, -0.1) is 0 Å². The van der Waals surface area contributed by atoms with E-state index >= 15 is 0 Å². The molecule has 0 fully saturated rings. The van der Waals surface area contributed by atoms with Crippen LogP contribution in [0.1, 0.15) is 39.2 Å². The lowest BCUT2D eigenvalue weighted by Gasteiger charge is -2.14. The Hall–Kier alpha value is -3.72. The van der Waals surface area contributed by atoms with E-state index in [0.29, 0.717) is 12.0 Å². The van der Waals surface area contributed by atoms with Crippen molar-refractivity contribution in [2.45, 2.75) is 41.5 Å². The minimum atomic E-state index is -4.30. The van der Waals surface area contributed by atoms with Crippen LogP contribution in [-0.2, 0) is 20.2 Å². The second-order valence-electron chi connectivity index (χ2n) is 9.45. The molecule has 4 rings (SSSR count). The molecule has 12 nitrogen and oxygen atoms in total. The fraction of sp³-hybridized carbons (Fsp3) is 0.400. The molecule has 0 radical (unpaired) electrons. The lowest BCUT2D eigenvalue weighted by atomic mass is 10.1. The number of rotatable bonds is 11. The summed E-state index contributed by atoms with van der Waals surface area (Å²) in [7, 11) is -8.59. The lowest BCUT2D eigenvalue weighted by Crippen LogP contribution is -2.21. The number of aromatic nitrogens is 2. The maximum atomic E-state index is 9.86.